The molecule has 0 aliphatic rings. The largest absolute Gasteiger partial charge is 0.481 e. The van der Waals surface area contributed by atoms with Gasteiger partial charge in [-0.15, -0.1) is 0 Å². The zero-order valence-electron chi connectivity index (χ0n) is 13.2. The van der Waals surface area contributed by atoms with Crippen LogP contribution in [0, 0.1) is 5.41 Å². The molecule has 0 aromatic carbocycles. The third-order valence-corrected chi connectivity index (χ3v) is 2.63. The van der Waals surface area contributed by atoms with Crippen molar-refractivity contribution in [3.05, 3.63) is 0 Å². The number of carboxylic acids is 2. The molecule has 0 saturated carbocycles. The topological polar surface area (TPSA) is 170 Å². The van der Waals surface area contributed by atoms with Gasteiger partial charge in [0, 0.05) is 35.4 Å². The minimum Gasteiger partial charge on any atom is -0.481 e. The van der Waals surface area contributed by atoms with Gasteiger partial charge in [0.05, 0.1) is 13.0 Å². The molecule has 9 nitrogen and oxygen atoms in total. The van der Waals surface area contributed by atoms with E-state index in [1.807, 2.05) is 0 Å². The number of carbonyl (C=O) groups excluding carboxylic acids is 1. The van der Waals surface area contributed by atoms with Crippen molar-refractivity contribution in [3.63, 3.8) is 0 Å². The molecule has 1 amide bonds. The van der Waals surface area contributed by atoms with Crippen molar-refractivity contribution >= 4 is 17.8 Å². The zero-order chi connectivity index (χ0) is 17.8. The molecule has 141 valence electrons. The maximum absolute atomic E-state index is 11.3. The van der Waals surface area contributed by atoms with Crippen LogP contribution in [-0.4, -0.2) is 64.1 Å². The Hall–Kier alpha value is -1.19. The summed E-state index contributed by atoms with van der Waals surface area (Å²) in [6.07, 6.45) is -0.777. The van der Waals surface area contributed by atoms with Gasteiger partial charge in [0.1, 0.15) is 6.10 Å². The van der Waals surface area contributed by atoms with Crippen LogP contribution in [0.2, 0.25) is 0 Å². The van der Waals surface area contributed by atoms with Gasteiger partial charge in [0.15, 0.2) is 0 Å². The Morgan fingerprint density at radius 2 is 1.61 bits per heavy atom. The van der Waals surface area contributed by atoms with Crippen molar-refractivity contribution in [2.45, 2.75) is 39.2 Å². The normalized spacial score (nSPS) is 11.3. The fourth-order valence-electron chi connectivity index (χ4n) is 1.08. The molecule has 0 bridgehead atoms. The van der Waals surface area contributed by atoms with Gasteiger partial charge >= 0.3 is 11.9 Å². The van der Waals surface area contributed by atoms with E-state index < -0.39 is 29.4 Å². The molecule has 0 fully saturated rings. The molecular weight excluding hydrogens is 360 g/mol. The van der Waals surface area contributed by atoms with Crippen molar-refractivity contribution in [1.29, 1.82) is 0 Å². The van der Waals surface area contributed by atoms with Crippen LogP contribution in [-0.2, 0) is 31.5 Å². The number of rotatable bonds is 9. The van der Waals surface area contributed by atoms with Gasteiger partial charge in [-0.1, -0.05) is 13.8 Å². The first kappa shape index (κ1) is 26.7. The predicted octanol–water partition coefficient (Wildman–Crippen LogP) is -1.24. The molecular formula is C13H26CuN2O7. The first-order chi connectivity index (χ1) is 10.1. The molecule has 0 spiro atoms. The molecule has 0 aliphatic heterocycles. The molecule has 0 aliphatic carbocycles. The molecule has 0 aromatic rings. The fourth-order valence-corrected chi connectivity index (χ4v) is 1.08. The second-order valence-corrected chi connectivity index (χ2v) is 5.27. The van der Waals surface area contributed by atoms with Crippen molar-refractivity contribution in [1.82, 2.24) is 5.32 Å². The maximum Gasteiger partial charge on any atom is 0.305 e. The van der Waals surface area contributed by atoms with Crippen LogP contribution in [0.5, 0.6) is 0 Å². The Morgan fingerprint density at radius 1 is 1.13 bits per heavy atom. The Morgan fingerprint density at radius 3 is 1.91 bits per heavy atom. The molecule has 10 heteroatoms. The summed E-state index contributed by atoms with van der Waals surface area (Å²) in [5.41, 5.74) is 4.08. The maximum atomic E-state index is 11.3. The number of aliphatic hydroxyl groups excluding tert-OH is 2. The number of aliphatic hydroxyl groups is 2. The Kier molecular flexibility index (Phi) is 16.7. The van der Waals surface area contributed by atoms with Crippen LogP contribution in [0.15, 0.2) is 0 Å². The number of nitrogens with one attached hydrogen (secondary N) is 1. The molecule has 23 heavy (non-hydrogen) atoms. The van der Waals surface area contributed by atoms with Crippen molar-refractivity contribution < 1.29 is 51.9 Å². The molecule has 1 unspecified atom stereocenters. The monoisotopic (exact) mass is 385 g/mol. The van der Waals surface area contributed by atoms with E-state index in [4.69, 9.17) is 21.1 Å². The summed E-state index contributed by atoms with van der Waals surface area (Å²) in [7, 11) is 0. The summed E-state index contributed by atoms with van der Waals surface area (Å²) < 4.78 is 0. The second kappa shape index (κ2) is 14.4. The third kappa shape index (κ3) is 15.5. The Bertz CT molecular complexity index is 364. The first-order valence-corrected chi connectivity index (χ1v) is 6.78. The van der Waals surface area contributed by atoms with Gasteiger partial charge in [-0.05, 0) is 13.0 Å². The molecule has 1 atom stereocenters. The van der Waals surface area contributed by atoms with Crippen molar-refractivity contribution in [3.8, 4) is 0 Å². The molecule has 0 rings (SSSR count). The van der Waals surface area contributed by atoms with Crippen LogP contribution < -0.4 is 11.1 Å². The van der Waals surface area contributed by atoms with Gasteiger partial charge in [-0.2, -0.15) is 0 Å². The van der Waals surface area contributed by atoms with E-state index in [2.05, 4.69) is 5.32 Å². The molecule has 0 heterocycles. The number of carbonyl (C=O) groups is 3. The fraction of sp³-hybridized carbons (Fsp3) is 0.769. The summed E-state index contributed by atoms with van der Waals surface area (Å²) in [6.45, 7) is 3.17. The van der Waals surface area contributed by atoms with Gasteiger partial charge in [-0.25, -0.2) is 0 Å². The average Bonchev–Trinajstić information content (AvgIpc) is 2.44. The Balaban J connectivity index is -0.000000425. The zero-order valence-corrected chi connectivity index (χ0v) is 14.2. The van der Waals surface area contributed by atoms with Crippen LogP contribution in [0.25, 0.3) is 0 Å². The minimum absolute atomic E-state index is 0. The second-order valence-electron chi connectivity index (χ2n) is 5.27. The van der Waals surface area contributed by atoms with E-state index in [0.717, 1.165) is 0 Å². The number of hydrogen-bond donors (Lipinski definition) is 6. The molecule has 7 N–H and O–H groups in total. The SMILES string of the molecule is CC(C)(CO)C(O)C(=O)NCCC(=O)O.NCCCC(=O)O.[Cu]. The van der Waals surface area contributed by atoms with Gasteiger partial charge in [0.25, 0.3) is 0 Å². The quantitative estimate of drug-likeness (QED) is 0.268. The summed E-state index contributed by atoms with van der Waals surface area (Å²) in [4.78, 5) is 31.1. The van der Waals surface area contributed by atoms with Crippen LogP contribution >= 0.6 is 0 Å². The number of aliphatic carboxylic acids is 2. The van der Waals surface area contributed by atoms with E-state index in [-0.39, 0.29) is 43.1 Å². The predicted molar refractivity (Wildman–Crippen MR) is 78.1 cm³/mol. The molecule has 1 radical (unpaired) electrons. The van der Waals surface area contributed by atoms with E-state index in [1.165, 1.54) is 13.8 Å². The minimum atomic E-state index is -1.35. The molecule has 0 aromatic heterocycles. The van der Waals surface area contributed by atoms with Crippen LogP contribution in [0.3, 0.4) is 0 Å². The van der Waals surface area contributed by atoms with Gasteiger partial charge in [-0.3, -0.25) is 14.4 Å². The van der Waals surface area contributed by atoms with Crippen LogP contribution in [0.4, 0.5) is 0 Å². The standard InChI is InChI=1S/C9H17NO5.C4H9NO2.Cu/c1-9(2,5-11)7(14)8(15)10-4-3-6(12)13;5-3-1-2-4(6)7;/h7,11,14H,3-5H2,1-2H3,(H,10,15)(H,12,13);1-3,5H2,(H,6,7);. The van der Waals surface area contributed by atoms with Gasteiger partial charge in [0.2, 0.25) is 5.91 Å². The van der Waals surface area contributed by atoms with Gasteiger partial charge < -0.3 is 31.5 Å². The average molecular weight is 386 g/mol. The summed E-state index contributed by atoms with van der Waals surface area (Å²) >= 11 is 0. The molecule has 0 saturated heterocycles. The van der Waals surface area contributed by atoms with E-state index in [1.54, 1.807) is 0 Å². The summed E-state index contributed by atoms with van der Waals surface area (Å²) in [5.74, 6) is -2.47. The number of carboxylic acid groups (broad SMARTS) is 2. The number of amides is 1. The van der Waals surface area contributed by atoms with E-state index >= 15 is 0 Å². The smallest absolute Gasteiger partial charge is 0.305 e. The number of hydrogen-bond acceptors (Lipinski definition) is 6. The summed E-state index contributed by atoms with van der Waals surface area (Å²) in [5, 5.41) is 37.0. The first-order valence-electron chi connectivity index (χ1n) is 6.78. The van der Waals surface area contributed by atoms with E-state index in [9.17, 15) is 19.5 Å². The van der Waals surface area contributed by atoms with Crippen molar-refractivity contribution in [2.24, 2.45) is 11.1 Å². The van der Waals surface area contributed by atoms with Crippen molar-refractivity contribution in [2.75, 3.05) is 19.7 Å². The van der Waals surface area contributed by atoms with Crippen LogP contribution in [0.1, 0.15) is 33.1 Å². The summed E-state index contributed by atoms with van der Waals surface area (Å²) in [6, 6.07) is 0. The third-order valence-electron chi connectivity index (χ3n) is 2.63. The van der Waals surface area contributed by atoms with E-state index in [0.29, 0.717) is 13.0 Å². The Labute approximate surface area is 145 Å². The number of nitrogens with two attached hydrogens (primary N) is 1.